The van der Waals surface area contributed by atoms with Gasteiger partial charge in [0, 0.05) is 18.0 Å². The summed E-state index contributed by atoms with van der Waals surface area (Å²) in [5, 5.41) is 0. The van der Waals surface area contributed by atoms with Gasteiger partial charge in [0.2, 0.25) is 0 Å². The molecule has 2 aliphatic heterocycles. The summed E-state index contributed by atoms with van der Waals surface area (Å²) in [7, 11) is 4.24. The molecule has 0 spiro atoms. The van der Waals surface area contributed by atoms with Crippen LogP contribution in [-0.4, -0.2) is 38.3 Å². The number of hydrogen-bond donors (Lipinski definition) is 0. The van der Waals surface area contributed by atoms with Gasteiger partial charge < -0.3 is 14.4 Å². The molecule has 0 radical (unpaired) electrons. The van der Waals surface area contributed by atoms with E-state index in [-0.39, 0.29) is 6.29 Å². The SMILES string of the molecule is CN(C)C[C@@H]1c2ccccc2[C@H]2OCC[C@@H]1O2. The Balaban J connectivity index is 1.99. The van der Waals surface area contributed by atoms with Gasteiger partial charge in [-0.2, -0.15) is 0 Å². The first-order valence-corrected chi connectivity index (χ1v) is 6.26. The summed E-state index contributed by atoms with van der Waals surface area (Å²) in [5.74, 6) is 0.473. The molecule has 0 aromatic heterocycles. The summed E-state index contributed by atoms with van der Waals surface area (Å²) in [4.78, 5) is 2.24. The zero-order valence-corrected chi connectivity index (χ0v) is 10.4. The van der Waals surface area contributed by atoms with Crippen LogP contribution < -0.4 is 0 Å². The lowest BCUT2D eigenvalue weighted by atomic mass is 9.84. The molecule has 2 bridgehead atoms. The normalized spacial score (nSPS) is 31.4. The fourth-order valence-electron chi connectivity index (χ4n) is 2.89. The lowest BCUT2D eigenvalue weighted by Crippen LogP contribution is -2.41. The van der Waals surface area contributed by atoms with E-state index in [4.69, 9.17) is 9.47 Å². The number of likely N-dealkylation sites (N-methyl/N-ethyl adjacent to an activating group) is 1. The minimum absolute atomic E-state index is 0.136. The Labute approximate surface area is 102 Å². The van der Waals surface area contributed by atoms with E-state index in [1.165, 1.54) is 11.1 Å². The summed E-state index contributed by atoms with van der Waals surface area (Å²) in [6.45, 7) is 1.85. The van der Waals surface area contributed by atoms with Gasteiger partial charge in [-0.1, -0.05) is 24.3 Å². The van der Waals surface area contributed by atoms with Crippen LogP contribution in [0.2, 0.25) is 0 Å². The second kappa shape index (κ2) is 4.41. The van der Waals surface area contributed by atoms with Crippen molar-refractivity contribution < 1.29 is 9.47 Å². The van der Waals surface area contributed by atoms with Gasteiger partial charge >= 0.3 is 0 Å². The smallest absolute Gasteiger partial charge is 0.184 e. The minimum Gasteiger partial charge on any atom is -0.348 e. The summed E-state index contributed by atoms with van der Waals surface area (Å²) in [5.41, 5.74) is 2.62. The van der Waals surface area contributed by atoms with E-state index < -0.39 is 0 Å². The van der Waals surface area contributed by atoms with Crippen LogP contribution in [0.3, 0.4) is 0 Å². The van der Waals surface area contributed by atoms with Crippen LogP contribution in [-0.2, 0) is 9.47 Å². The lowest BCUT2D eigenvalue weighted by Gasteiger charge is -2.42. The van der Waals surface area contributed by atoms with Crippen molar-refractivity contribution in [2.75, 3.05) is 27.2 Å². The number of ether oxygens (including phenoxy) is 2. The molecule has 17 heavy (non-hydrogen) atoms. The summed E-state index contributed by atoms with van der Waals surface area (Å²) in [6, 6.07) is 8.53. The Bertz CT molecular complexity index is 405. The van der Waals surface area contributed by atoms with Crippen LogP contribution in [0.25, 0.3) is 0 Å². The first-order chi connectivity index (χ1) is 8.25. The average molecular weight is 233 g/mol. The maximum Gasteiger partial charge on any atom is 0.184 e. The zero-order chi connectivity index (χ0) is 11.8. The quantitative estimate of drug-likeness (QED) is 0.781. The third kappa shape index (κ3) is 1.99. The van der Waals surface area contributed by atoms with Crippen molar-refractivity contribution in [3.63, 3.8) is 0 Å². The first kappa shape index (κ1) is 11.2. The molecule has 0 N–H and O–H groups in total. The molecule has 2 aliphatic rings. The van der Waals surface area contributed by atoms with Gasteiger partial charge in [0.05, 0.1) is 12.7 Å². The topological polar surface area (TPSA) is 21.7 Å². The second-order valence-corrected chi connectivity index (χ2v) is 5.16. The number of benzene rings is 1. The maximum atomic E-state index is 6.01. The predicted octanol–water partition coefficient (Wildman–Crippen LogP) is 2.15. The van der Waals surface area contributed by atoms with Gasteiger partial charge in [0.25, 0.3) is 0 Å². The van der Waals surface area contributed by atoms with Gasteiger partial charge in [0.1, 0.15) is 0 Å². The molecule has 2 heterocycles. The van der Waals surface area contributed by atoms with Gasteiger partial charge in [-0.15, -0.1) is 0 Å². The van der Waals surface area contributed by atoms with Gasteiger partial charge in [-0.05, 0) is 26.1 Å². The average Bonchev–Trinajstić information content (AvgIpc) is 2.35. The molecule has 0 saturated carbocycles. The molecular formula is C14H19NO2. The van der Waals surface area contributed by atoms with Crippen LogP contribution in [0.1, 0.15) is 29.8 Å². The standard InChI is InChI=1S/C14H19NO2/c1-15(2)9-12-10-5-3-4-6-11(10)14-16-8-7-13(12)17-14/h3-6,12-14H,7-9H2,1-2H3/t12-,13+,14+/m1/s1. The molecule has 1 saturated heterocycles. The summed E-state index contributed by atoms with van der Waals surface area (Å²) in [6.07, 6.45) is 1.18. The maximum absolute atomic E-state index is 6.01. The van der Waals surface area contributed by atoms with Gasteiger partial charge in [0.15, 0.2) is 6.29 Å². The highest BCUT2D eigenvalue weighted by molar-refractivity contribution is 5.35. The van der Waals surface area contributed by atoms with Crippen LogP contribution in [0.15, 0.2) is 24.3 Å². The predicted molar refractivity (Wildman–Crippen MR) is 65.9 cm³/mol. The molecule has 0 aliphatic carbocycles. The highest BCUT2D eigenvalue weighted by atomic mass is 16.7. The first-order valence-electron chi connectivity index (χ1n) is 6.26. The van der Waals surface area contributed by atoms with Crippen molar-refractivity contribution in [1.29, 1.82) is 0 Å². The van der Waals surface area contributed by atoms with Crippen molar-refractivity contribution >= 4 is 0 Å². The highest BCUT2D eigenvalue weighted by Crippen LogP contribution is 2.42. The molecular weight excluding hydrogens is 214 g/mol. The third-order valence-electron chi connectivity index (χ3n) is 3.63. The van der Waals surface area contributed by atoms with E-state index in [2.05, 4.69) is 43.3 Å². The van der Waals surface area contributed by atoms with Crippen molar-refractivity contribution in [2.24, 2.45) is 0 Å². The van der Waals surface area contributed by atoms with Crippen LogP contribution in [0, 0.1) is 0 Å². The molecule has 3 atom stereocenters. The van der Waals surface area contributed by atoms with E-state index in [1.807, 2.05) is 0 Å². The van der Waals surface area contributed by atoms with E-state index in [0.717, 1.165) is 19.6 Å². The summed E-state index contributed by atoms with van der Waals surface area (Å²) >= 11 is 0. The Kier molecular flexibility index (Phi) is 2.90. The number of nitrogens with zero attached hydrogens (tertiary/aromatic N) is 1. The van der Waals surface area contributed by atoms with Gasteiger partial charge in [-0.3, -0.25) is 0 Å². The lowest BCUT2D eigenvalue weighted by molar-refractivity contribution is -0.232. The molecule has 3 nitrogen and oxygen atoms in total. The van der Waals surface area contributed by atoms with E-state index >= 15 is 0 Å². The monoisotopic (exact) mass is 233 g/mol. The van der Waals surface area contributed by atoms with E-state index in [1.54, 1.807) is 0 Å². The molecule has 1 aromatic rings. The molecule has 3 rings (SSSR count). The van der Waals surface area contributed by atoms with Gasteiger partial charge in [-0.25, -0.2) is 0 Å². The number of rotatable bonds is 2. The number of fused-ring (bicyclic) bond motifs is 4. The Hall–Kier alpha value is -0.900. The minimum atomic E-state index is -0.136. The second-order valence-electron chi connectivity index (χ2n) is 5.16. The number of hydrogen-bond acceptors (Lipinski definition) is 3. The fourth-order valence-corrected chi connectivity index (χ4v) is 2.89. The van der Waals surface area contributed by atoms with E-state index in [0.29, 0.717) is 12.0 Å². The Morgan fingerprint density at radius 2 is 2.00 bits per heavy atom. The van der Waals surface area contributed by atoms with Crippen LogP contribution in [0.4, 0.5) is 0 Å². The third-order valence-corrected chi connectivity index (χ3v) is 3.63. The fraction of sp³-hybridized carbons (Fsp3) is 0.571. The van der Waals surface area contributed by atoms with Crippen LogP contribution in [0.5, 0.6) is 0 Å². The molecule has 0 unspecified atom stereocenters. The van der Waals surface area contributed by atoms with Crippen molar-refractivity contribution in [1.82, 2.24) is 4.90 Å². The van der Waals surface area contributed by atoms with E-state index in [9.17, 15) is 0 Å². The van der Waals surface area contributed by atoms with Crippen molar-refractivity contribution in [3.05, 3.63) is 35.4 Å². The Morgan fingerprint density at radius 3 is 2.76 bits per heavy atom. The molecule has 1 fully saturated rings. The zero-order valence-electron chi connectivity index (χ0n) is 10.4. The van der Waals surface area contributed by atoms with Crippen molar-refractivity contribution in [3.8, 4) is 0 Å². The highest BCUT2D eigenvalue weighted by Gasteiger charge is 2.38. The molecule has 1 aromatic carbocycles. The van der Waals surface area contributed by atoms with Crippen molar-refractivity contribution in [2.45, 2.75) is 24.7 Å². The largest absolute Gasteiger partial charge is 0.348 e. The summed E-state index contributed by atoms with van der Waals surface area (Å²) < 4.78 is 11.7. The van der Waals surface area contributed by atoms with Crippen LogP contribution >= 0.6 is 0 Å². The molecule has 0 amide bonds. The Morgan fingerprint density at radius 1 is 1.24 bits per heavy atom. The molecule has 3 heteroatoms. The molecule has 92 valence electrons.